The van der Waals surface area contributed by atoms with Crippen LogP contribution in [0.25, 0.3) is 0 Å². The molecule has 2 aromatic rings. The highest BCUT2D eigenvalue weighted by Gasteiger charge is 2.21. The zero-order valence-corrected chi connectivity index (χ0v) is 15.5. The summed E-state index contributed by atoms with van der Waals surface area (Å²) in [6.07, 6.45) is 1.31. The maximum atomic E-state index is 12.3. The number of para-hydroxylation sites is 1. The number of aryl methyl sites for hydroxylation is 1. The van der Waals surface area contributed by atoms with Crippen molar-refractivity contribution in [2.24, 2.45) is 0 Å². The number of nitrogens with zero attached hydrogens (tertiary/aromatic N) is 3. The van der Waals surface area contributed by atoms with Gasteiger partial charge in [0.2, 0.25) is 5.91 Å². The van der Waals surface area contributed by atoms with E-state index in [4.69, 9.17) is 4.74 Å². The Morgan fingerprint density at radius 2 is 1.96 bits per heavy atom. The Balaban J connectivity index is 1.32. The Hall–Kier alpha value is -1.92. The molecule has 1 saturated heterocycles. The lowest BCUT2D eigenvalue weighted by Gasteiger charge is -2.34. The van der Waals surface area contributed by atoms with Gasteiger partial charge in [-0.25, -0.2) is 4.98 Å². The lowest BCUT2D eigenvalue weighted by atomic mass is 10.2. The molecule has 0 spiro atoms. The van der Waals surface area contributed by atoms with Gasteiger partial charge in [0.1, 0.15) is 5.75 Å². The van der Waals surface area contributed by atoms with E-state index in [-0.39, 0.29) is 5.91 Å². The summed E-state index contributed by atoms with van der Waals surface area (Å²) in [4.78, 5) is 21.2. The number of piperazine rings is 1. The van der Waals surface area contributed by atoms with Crippen LogP contribution in [0.1, 0.15) is 23.5 Å². The Labute approximate surface area is 153 Å². The summed E-state index contributed by atoms with van der Waals surface area (Å²) in [5.41, 5.74) is 1.14. The van der Waals surface area contributed by atoms with E-state index >= 15 is 0 Å². The molecule has 25 heavy (non-hydrogen) atoms. The predicted molar refractivity (Wildman–Crippen MR) is 99.9 cm³/mol. The van der Waals surface area contributed by atoms with E-state index in [1.54, 1.807) is 11.3 Å². The van der Waals surface area contributed by atoms with Crippen molar-refractivity contribution < 1.29 is 9.53 Å². The maximum Gasteiger partial charge on any atom is 0.222 e. The van der Waals surface area contributed by atoms with Crippen LogP contribution < -0.4 is 4.74 Å². The zero-order chi connectivity index (χ0) is 17.5. The summed E-state index contributed by atoms with van der Waals surface area (Å²) < 4.78 is 5.64. The highest BCUT2D eigenvalue weighted by Crippen LogP contribution is 2.13. The van der Waals surface area contributed by atoms with Crippen LogP contribution in [0.15, 0.2) is 35.7 Å². The van der Waals surface area contributed by atoms with Gasteiger partial charge in [0.25, 0.3) is 0 Å². The van der Waals surface area contributed by atoms with Gasteiger partial charge in [-0.1, -0.05) is 18.2 Å². The molecule has 0 radical (unpaired) electrons. The molecule has 1 aromatic carbocycles. The van der Waals surface area contributed by atoms with Gasteiger partial charge >= 0.3 is 0 Å². The predicted octanol–water partition coefficient (Wildman–Crippen LogP) is 2.95. The summed E-state index contributed by atoms with van der Waals surface area (Å²) in [6, 6.07) is 9.74. The second kappa shape index (κ2) is 8.97. The van der Waals surface area contributed by atoms with Gasteiger partial charge in [-0.05, 0) is 25.5 Å². The molecule has 1 amide bonds. The second-order valence-electron chi connectivity index (χ2n) is 6.28. The highest BCUT2D eigenvalue weighted by molar-refractivity contribution is 7.09. The summed E-state index contributed by atoms with van der Waals surface area (Å²) in [5.74, 6) is 1.10. The number of carbonyl (C=O) groups excluding carboxylic acids is 1. The first-order valence-electron chi connectivity index (χ1n) is 8.80. The summed E-state index contributed by atoms with van der Waals surface area (Å²) in [6.45, 7) is 6.96. The third kappa shape index (κ3) is 5.54. The number of rotatable bonds is 7. The first-order valence-corrected chi connectivity index (χ1v) is 9.67. The molecule has 0 aliphatic carbocycles. The molecule has 5 nitrogen and oxygen atoms in total. The number of thiazole rings is 1. The molecule has 1 aliphatic heterocycles. The van der Waals surface area contributed by atoms with Crippen molar-refractivity contribution in [2.75, 3.05) is 32.8 Å². The van der Waals surface area contributed by atoms with Gasteiger partial charge in [-0.15, -0.1) is 11.3 Å². The Bertz CT molecular complexity index is 666. The second-order valence-corrected chi connectivity index (χ2v) is 7.34. The molecule has 0 bridgehead atoms. The number of hydrogen-bond acceptors (Lipinski definition) is 5. The van der Waals surface area contributed by atoms with Crippen LogP contribution in [0.3, 0.4) is 0 Å². The normalized spacial score (nSPS) is 15.3. The number of ether oxygens (including phenoxy) is 1. The molecular formula is C19H25N3O2S. The molecule has 0 N–H and O–H groups in total. The van der Waals surface area contributed by atoms with Crippen molar-refractivity contribution in [3.05, 3.63) is 46.4 Å². The van der Waals surface area contributed by atoms with Crippen LogP contribution in [0.4, 0.5) is 0 Å². The average Bonchev–Trinajstić information content (AvgIpc) is 3.05. The molecular weight excluding hydrogens is 334 g/mol. The van der Waals surface area contributed by atoms with E-state index in [9.17, 15) is 4.79 Å². The van der Waals surface area contributed by atoms with Crippen molar-refractivity contribution >= 4 is 17.2 Å². The van der Waals surface area contributed by atoms with Gasteiger partial charge in [-0.2, -0.15) is 0 Å². The maximum absolute atomic E-state index is 12.3. The fraction of sp³-hybridized carbons (Fsp3) is 0.474. The Morgan fingerprint density at radius 1 is 1.20 bits per heavy atom. The largest absolute Gasteiger partial charge is 0.494 e. The molecule has 1 aliphatic rings. The quantitative estimate of drug-likeness (QED) is 0.713. The van der Waals surface area contributed by atoms with Crippen molar-refractivity contribution in [3.63, 3.8) is 0 Å². The highest BCUT2D eigenvalue weighted by atomic mass is 32.1. The summed E-state index contributed by atoms with van der Waals surface area (Å²) >= 11 is 1.69. The van der Waals surface area contributed by atoms with Crippen LogP contribution in [-0.2, 0) is 11.3 Å². The van der Waals surface area contributed by atoms with Gasteiger partial charge in [0, 0.05) is 44.5 Å². The number of benzene rings is 1. The summed E-state index contributed by atoms with van der Waals surface area (Å²) in [5, 5.41) is 3.24. The van der Waals surface area contributed by atoms with Gasteiger partial charge in [0.15, 0.2) is 0 Å². The third-order valence-electron chi connectivity index (χ3n) is 4.32. The molecule has 1 aromatic heterocycles. The first-order chi connectivity index (χ1) is 12.2. The van der Waals surface area contributed by atoms with Crippen molar-refractivity contribution in [2.45, 2.75) is 26.3 Å². The van der Waals surface area contributed by atoms with Gasteiger partial charge < -0.3 is 9.64 Å². The van der Waals surface area contributed by atoms with Crippen molar-refractivity contribution in [1.82, 2.24) is 14.8 Å². The topological polar surface area (TPSA) is 45.7 Å². The molecule has 2 heterocycles. The number of amides is 1. The standard InChI is InChI=1S/C19H25N3O2S/c1-16-20-17(15-25-16)14-21-9-11-22(12-10-21)19(23)8-5-13-24-18-6-3-2-4-7-18/h2-4,6-7,15H,5,8-14H2,1H3. The zero-order valence-electron chi connectivity index (χ0n) is 14.7. The van der Waals surface area contributed by atoms with E-state index in [2.05, 4.69) is 15.3 Å². The SMILES string of the molecule is Cc1nc(CN2CCN(C(=O)CCCOc3ccccc3)CC2)cs1. The average molecular weight is 359 g/mol. The molecule has 1 fully saturated rings. The number of hydrogen-bond donors (Lipinski definition) is 0. The molecule has 0 unspecified atom stereocenters. The van der Waals surface area contributed by atoms with E-state index < -0.39 is 0 Å². The summed E-state index contributed by atoms with van der Waals surface area (Å²) in [7, 11) is 0. The first kappa shape index (κ1) is 17.9. The molecule has 6 heteroatoms. The number of aromatic nitrogens is 1. The Kier molecular flexibility index (Phi) is 6.42. The van der Waals surface area contributed by atoms with E-state index in [0.717, 1.165) is 55.6 Å². The van der Waals surface area contributed by atoms with E-state index in [1.165, 1.54) is 0 Å². The van der Waals surface area contributed by atoms with Crippen LogP contribution in [0.2, 0.25) is 0 Å². The van der Waals surface area contributed by atoms with Crippen molar-refractivity contribution in [1.29, 1.82) is 0 Å². The minimum atomic E-state index is 0.237. The van der Waals surface area contributed by atoms with Crippen LogP contribution in [0, 0.1) is 6.92 Å². The van der Waals surface area contributed by atoms with Crippen LogP contribution >= 0.6 is 11.3 Å². The molecule has 0 saturated carbocycles. The van der Waals surface area contributed by atoms with Gasteiger partial charge in [0.05, 0.1) is 17.3 Å². The molecule has 3 rings (SSSR count). The molecule has 0 atom stereocenters. The van der Waals surface area contributed by atoms with Crippen LogP contribution in [0.5, 0.6) is 5.75 Å². The van der Waals surface area contributed by atoms with E-state index in [0.29, 0.717) is 13.0 Å². The minimum absolute atomic E-state index is 0.237. The third-order valence-corrected chi connectivity index (χ3v) is 5.15. The number of carbonyl (C=O) groups is 1. The van der Waals surface area contributed by atoms with Crippen molar-refractivity contribution in [3.8, 4) is 5.75 Å². The van der Waals surface area contributed by atoms with Crippen LogP contribution in [-0.4, -0.2) is 53.5 Å². The fourth-order valence-corrected chi connectivity index (χ4v) is 3.56. The molecule has 134 valence electrons. The lowest BCUT2D eigenvalue weighted by Crippen LogP contribution is -2.48. The lowest BCUT2D eigenvalue weighted by molar-refractivity contribution is -0.133. The fourth-order valence-electron chi connectivity index (χ4n) is 2.95. The van der Waals surface area contributed by atoms with E-state index in [1.807, 2.05) is 42.2 Å². The minimum Gasteiger partial charge on any atom is -0.494 e. The van der Waals surface area contributed by atoms with Gasteiger partial charge in [-0.3, -0.25) is 9.69 Å². The monoisotopic (exact) mass is 359 g/mol. The Morgan fingerprint density at radius 3 is 2.64 bits per heavy atom. The smallest absolute Gasteiger partial charge is 0.222 e.